The predicted octanol–water partition coefficient (Wildman–Crippen LogP) is 5.03. The predicted molar refractivity (Wildman–Crippen MR) is 159 cm³/mol. The number of aryl methyl sites for hydroxylation is 1. The smallest absolute Gasteiger partial charge is 0.356 e. The summed E-state index contributed by atoms with van der Waals surface area (Å²) in [4.78, 5) is 65.1. The van der Waals surface area contributed by atoms with E-state index in [1.54, 1.807) is 38.1 Å². The van der Waals surface area contributed by atoms with Crippen molar-refractivity contribution in [3.8, 4) is 11.1 Å². The van der Waals surface area contributed by atoms with Gasteiger partial charge >= 0.3 is 17.9 Å². The normalized spacial score (nSPS) is 11.6. The molecule has 10 nitrogen and oxygen atoms in total. The van der Waals surface area contributed by atoms with Crippen molar-refractivity contribution in [1.82, 2.24) is 4.57 Å². The van der Waals surface area contributed by atoms with Crippen LogP contribution in [0, 0.1) is 13.8 Å². The lowest BCUT2D eigenvalue weighted by atomic mass is 9.96. The monoisotopic (exact) mass is 590 g/mol. The maximum absolute atomic E-state index is 13.6. The summed E-state index contributed by atoms with van der Waals surface area (Å²) in [5.41, 5.74) is 2.08. The summed E-state index contributed by atoms with van der Waals surface area (Å²) >= 11 is 0.852. The third-order valence-corrected chi connectivity index (χ3v) is 7.91. The van der Waals surface area contributed by atoms with Gasteiger partial charge in [0, 0.05) is 18.0 Å². The molecule has 1 N–H and O–H groups in total. The fourth-order valence-electron chi connectivity index (χ4n) is 4.54. The molecule has 0 aliphatic carbocycles. The van der Waals surface area contributed by atoms with Crippen molar-refractivity contribution in [3.63, 3.8) is 0 Å². The SMILES string of the molecule is CCOC(=O)c1sc(NC(=O)C(C)OC(=O)c2c(-c3ccc(C)cc3)c3ccccc3c(=O)n2C)c(C(=O)OC)c1C. The molecule has 2 aromatic carbocycles. The number of aromatic nitrogens is 1. The van der Waals surface area contributed by atoms with Gasteiger partial charge in [0.2, 0.25) is 0 Å². The molecule has 0 spiro atoms. The Hall–Kier alpha value is -4.77. The van der Waals surface area contributed by atoms with Crippen LogP contribution in [-0.4, -0.2) is 48.2 Å². The number of anilines is 1. The Bertz CT molecular complexity index is 1770. The number of nitrogens with one attached hydrogen (secondary N) is 1. The standard InChI is InChI=1S/C31H30N2O8S/c1-7-40-31(38)25-17(3)22(29(36)39-6)27(42-25)32-26(34)18(4)41-30(37)24-23(19-14-12-16(2)13-15-19)20-10-8-9-11-21(20)28(35)33(24)5/h8-15,18H,7H2,1-6H3,(H,32,34). The molecule has 11 heteroatoms. The van der Waals surface area contributed by atoms with Gasteiger partial charge in [-0.2, -0.15) is 0 Å². The second-order valence-corrected chi connectivity index (χ2v) is 10.5. The number of carbonyl (C=O) groups excluding carboxylic acids is 4. The van der Waals surface area contributed by atoms with Crippen LogP contribution in [-0.2, 0) is 26.1 Å². The highest BCUT2D eigenvalue weighted by Gasteiger charge is 2.30. The zero-order valence-electron chi connectivity index (χ0n) is 24.0. The highest BCUT2D eigenvalue weighted by atomic mass is 32.1. The quantitative estimate of drug-likeness (QED) is 0.223. The first-order valence-corrected chi connectivity index (χ1v) is 13.9. The highest BCUT2D eigenvalue weighted by Crippen LogP contribution is 2.35. The second-order valence-electron chi connectivity index (χ2n) is 9.51. The van der Waals surface area contributed by atoms with E-state index >= 15 is 0 Å². The summed E-state index contributed by atoms with van der Waals surface area (Å²) in [5.74, 6) is -3.05. The second kappa shape index (κ2) is 12.4. The lowest BCUT2D eigenvalue weighted by Crippen LogP contribution is -2.33. The van der Waals surface area contributed by atoms with Crippen molar-refractivity contribution >= 4 is 50.9 Å². The van der Waals surface area contributed by atoms with E-state index in [4.69, 9.17) is 14.2 Å². The lowest BCUT2D eigenvalue weighted by molar-refractivity contribution is -0.123. The number of benzene rings is 2. The maximum atomic E-state index is 13.6. The molecule has 1 amide bonds. The minimum atomic E-state index is -1.34. The van der Waals surface area contributed by atoms with Crippen LogP contribution in [0.5, 0.6) is 0 Å². The van der Waals surface area contributed by atoms with Gasteiger partial charge in [0.15, 0.2) is 6.10 Å². The Morgan fingerprint density at radius 2 is 1.60 bits per heavy atom. The summed E-state index contributed by atoms with van der Waals surface area (Å²) in [5, 5.41) is 3.62. The molecular weight excluding hydrogens is 560 g/mol. The molecule has 4 aromatic rings. The zero-order valence-corrected chi connectivity index (χ0v) is 24.8. The van der Waals surface area contributed by atoms with E-state index in [1.807, 2.05) is 31.2 Å². The molecule has 0 saturated heterocycles. The van der Waals surface area contributed by atoms with Gasteiger partial charge in [-0.1, -0.05) is 48.0 Å². The van der Waals surface area contributed by atoms with Gasteiger partial charge in [-0.25, -0.2) is 14.4 Å². The van der Waals surface area contributed by atoms with Gasteiger partial charge in [0.25, 0.3) is 11.5 Å². The Labute approximate surface area is 245 Å². The molecule has 1 atom stereocenters. The number of fused-ring (bicyclic) bond motifs is 1. The fraction of sp³-hybridized carbons (Fsp3) is 0.258. The van der Waals surface area contributed by atoms with Crippen molar-refractivity contribution in [2.75, 3.05) is 19.0 Å². The van der Waals surface area contributed by atoms with Gasteiger partial charge in [0.05, 0.1) is 19.3 Å². The Balaban J connectivity index is 1.70. The number of ether oxygens (including phenoxy) is 3. The number of thiophene rings is 1. The van der Waals surface area contributed by atoms with Crippen molar-refractivity contribution in [3.05, 3.63) is 86.1 Å². The van der Waals surface area contributed by atoms with Crippen LogP contribution in [0.1, 0.15) is 55.5 Å². The minimum absolute atomic E-state index is 0.00369. The number of nitrogens with zero attached hydrogens (tertiary/aromatic N) is 1. The molecule has 0 aliphatic heterocycles. The number of hydrogen-bond donors (Lipinski definition) is 1. The topological polar surface area (TPSA) is 130 Å². The molecular formula is C31H30N2O8S. The van der Waals surface area contributed by atoms with E-state index in [0.29, 0.717) is 27.5 Å². The van der Waals surface area contributed by atoms with E-state index < -0.39 is 35.5 Å². The number of hydrogen-bond acceptors (Lipinski definition) is 9. The number of amides is 1. The van der Waals surface area contributed by atoms with Crippen LogP contribution < -0.4 is 10.9 Å². The highest BCUT2D eigenvalue weighted by molar-refractivity contribution is 7.18. The summed E-state index contributed by atoms with van der Waals surface area (Å²) in [6.45, 7) is 6.62. The fourth-order valence-corrected chi connectivity index (χ4v) is 5.63. The molecule has 42 heavy (non-hydrogen) atoms. The number of esters is 3. The zero-order chi connectivity index (χ0) is 30.7. The molecule has 0 fully saturated rings. The third kappa shape index (κ3) is 5.68. The molecule has 0 aliphatic rings. The van der Waals surface area contributed by atoms with Crippen LogP contribution in [0.2, 0.25) is 0 Å². The van der Waals surface area contributed by atoms with Crippen LogP contribution >= 0.6 is 11.3 Å². The summed E-state index contributed by atoms with van der Waals surface area (Å²) in [7, 11) is 2.65. The number of methoxy groups -OCH3 is 1. The van der Waals surface area contributed by atoms with Crippen LogP contribution in [0.4, 0.5) is 5.00 Å². The van der Waals surface area contributed by atoms with E-state index in [-0.39, 0.29) is 27.7 Å². The minimum Gasteiger partial charge on any atom is -0.465 e. The van der Waals surface area contributed by atoms with Crippen LogP contribution in [0.3, 0.4) is 0 Å². The molecule has 2 aromatic heterocycles. The van der Waals surface area contributed by atoms with Crippen LogP contribution in [0.15, 0.2) is 53.3 Å². The number of carbonyl (C=O) groups is 4. The number of pyridine rings is 1. The average Bonchev–Trinajstić information content (AvgIpc) is 3.30. The van der Waals surface area contributed by atoms with Gasteiger partial charge in [-0.3, -0.25) is 9.59 Å². The first-order chi connectivity index (χ1) is 20.0. The lowest BCUT2D eigenvalue weighted by Gasteiger charge is -2.19. The molecule has 0 bridgehead atoms. The molecule has 0 saturated carbocycles. The van der Waals surface area contributed by atoms with Gasteiger partial charge in [-0.05, 0) is 50.3 Å². The van der Waals surface area contributed by atoms with E-state index in [2.05, 4.69) is 5.32 Å². The van der Waals surface area contributed by atoms with E-state index in [1.165, 1.54) is 25.6 Å². The van der Waals surface area contributed by atoms with E-state index in [0.717, 1.165) is 16.9 Å². The van der Waals surface area contributed by atoms with Gasteiger partial charge in [0.1, 0.15) is 15.6 Å². The maximum Gasteiger partial charge on any atom is 0.356 e. The van der Waals surface area contributed by atoms with Gasteiger partial charge in [-0.15, -0.1) is 11.3 Å². The van der Waals surface area contributed by atoms with Crippen LogP contribution in [0.25, 0.3) is 21.9 Å². The summed E-state index contributed by atoms with van der Waals surface area (Å²) in [6, 6.07) is 14.5. The Morgan fingerprint density at radius 3 is 2.21 bits per heavy atom. The molecule has 1 unspecified atom stereocenters. The average molecular weight is 591 g/mol. The molecule has 2 heterocycles. The van der Waals surface area contributed by atoms with Crippen molar-refractivity contribution in [2.24, 2.45) is 7.05 Å². The summed E-state index contributed by atoms with van der Waals surface area (Å²) < 4.78 is 16.7. The van der Waals surface area contributed by atoms with Gasteiger partial charge < -0.3 is 24.1 Å². The van der Waals surface area contributed by atoms with Crippen molar-refractivity contribution < 1.29 is 33.4 Å². The Morgan fingerprint density at radius 1 is 0.952 bits per heavy atom. The molecule has 4 rings (SSSR count). The summed E-state index contributed by atoms with van der Waals surface area (Å²) in [6.07, 6.45) is -1.34. The first-order valence-electron chi connectivity index (χ1n) is 13.1. The largest absolute Gasteiger partial charge is 0.465 e. The van der Waals surface area contributed by atoms with Crippen molar-refractivity contribution in [1.29, 1.82) is 0 Å². The Kier molecular flexibility index (Phi) is 8.91. The molecule has 218 valence electrons. The molecule has 0 radical (unpaired) electrons. The number of rotatable bonds is 8. The van der Waals surface area contributed by atoms with E-state index in [9.17, 15) is 24.0 Å². The first kappa shape index (κ1) is 30.2. The third-order valence-electron chi connectivity index (χ3n) is 6.72. The van der Waals surface area contributed by atoms with Crippen molar-refractivity contribution in [2.45, 2.75) is 33.8 Å².